The van der Waals surface area contributed by atoms with Gasteiger partial charge in [-0.15, -0.1) is 12.4 Å². The van der Waals surface area contributed by atoms with Crippen molar-refractivity contribution in [2.24, 2.45) is 5.92 Å². The van der Waals surface area contributed by atoms with Crippen LogP contribution in [0.3, 0.4) is 0 Å². The maximum absolute atomic E-state index is 11.1. The van der Waals surface area contributed by atoms with Crippen molar-refractivity contribution in [3.8, 4) is 0 Å². The maximum Gasteiger partial charge on any atom is 0.224 e. The van der Waals surface area contributed by atoms with E-state index >= 15 is 0 Å². The Morgan fingerprint density at radius 2 is 2.27 bits per heavy atom. The van der Waals surface area contributed by atoms with E-state index in [0.717, 1.165) is 25.9 Å². The van der Waals surface area contributed by atoms with Gasteiger partial charge >= 0.3 is 0 Å². The Kier molecular flexibility index (Phi) is 2.73. The van der Waals surface area contributed by atoms with Crippen LogP contribution in [-0.2, 0) is 4.79 Å². The van der Waals surface area contributed by atoms with Crippen LogP contribution in [0.5, 0.6) is 0 Å². The van der Waals surface area contributed by atoms with Crippen LogP contribution in [0.4, 0.5) is 0 Å². The van der Waals surface area contributed by atoms with E-state index in [1.807, 2.05) is 0 Å². The molecule has 2 aliphatic heterocycles. The molecule has 0 unspecified atom stereocenters. The predicted molar refractivity (Wildman–Crippen MR) is 44.8 cm³/mol. The molecule has 4 heteroatoms. The number of fused-ring (bicyclic) bond motifs is 1. The van der Waals surface area contributed by atoms with E-state index < -0.39 is 0 Å². The lowest BCUT2D eigenvalue weighted by Gasteiger charge is -2.23. The van der Waals surface area contributed by atoms with E-state index in [0.29, 0.717) is 6.04 Å². The number of hydrogen-bond acceptors (Lipinski definition) is 2. The summed E-state index contributed by atoms with van der Waals surface area (Å²) < 4.78 is 0. The van der Waals surface area contributed by atoms with E-state index in [1.165, 1.54) is 0 Å². The lowest BCUT2D eigenvalue weighted by molar-refractivity contribution is -0.123. The summed E-state index contributed by atoms with van der Waals surface area (Å²) in [5, 5.41) is 6.19. The van der Waals surface area contributed by atoms with Gasteiger partial charge in [0, 0.05) is 12.6 Å². The van der Waals surface area contributed by atoms with Crippen molar-refractivity contribution >= 4 is 18.3 Å². The maximum atomic E-state index is 11.1. The minimum atomic E-state index is 0. The minimum absolute atomic E-state index is 0. The number of carbonyl (C=O) groups excluding carboxylic acids is 1. The highest BCUT2D eigenvalue weighted by molar-refractivity contribution is 5.85. The summed E-state index contributed by atoms with van der Waals surface area (Å²) in [6.45, 7) is 1.92. The van der Waals surface area contributed by atoms with Gasteiger partial charge in [-0.1, -0.05) is 0 Å². The summed E-state index contributed by atoms with van der Waals surface area (Å²) in [6, 6.07) is 0.432. The van der Waals surface area contributed by atoms with Gasteiger partial charge < -0.3 is 10.6 Å². The third kappa shape index (κ3) is 1.49. The monoisotopic (exact) mass is 176 g/mol. The summed E-state index contributed by atoms with van der Waals surface area (Å²) in [5.74, 6) is 0.519. The summed E-state index contributed by atoms with van der Waals surface area (Å²) >= 11 is 0. The number of hydrogen-bond donors (Lipinski definition) is 2. The van der Waals surface area contributed by atoms with Crippen molar-refractivity contribution in [3.05, 3.63) is 0 Å². The van der Waals surface area contributed by atoms with Gasteiger partial charge in [-0.2, -0.15) is 0 Å². The first-order valence-electron chi connectivity index (χ1n) is 3.89. The first kappa shape index (κ1) is 8.81. The molecular weight excluding hydrogens is 164 g/mol. The molecule has 0 radical (unpaired) electrons. The molecule has 2 N–H and O–H groups in total. The molecule has 3 nitrogen and oxygen atoms in total. The lowest BCUT2D eigenvalue weighted by Crippen LogP contribution is -2.41. The highest BCUT2D eigenvalue weighted by Crippen LogP contribution is 2.19. The molecule has 2 atom stereocenters. The molecule has 0 aromatic heterocycles. The third-order valence-corrected chi connectivity index (χ3v) is 2.42. The van der Waals surface area contributed by atoms with Crippen molar-refractivity contribution in [2.45, 2.75) is 18.9 Å². The second kappa shape index (κ2) is 3.41. The highest BCUT2D eigenvalue weighted by atomic mass is 35.5. The average Bonchev–Trinajstić information content (AvgIpc) is 2.34. The van der Waals surface area contributed by atoms with Crippen LogP contribution in [0.1, 0.15) is 12.8 Å². The fraction of sp³-hybridized carbons (Fsp3) is 0.857. The summed E-state index contributed by atoms with van der Waals surface area (Å²) in [6.07, 6.45) is 2.22. The molecule has 0 aliphatic carbocycles. The van der Waals surface area contributed by atoms with E-state index in [1.54, 1.807) is 0 Å². The number of nitrogens with one attached hydrogen (secondary N) is 2. The van der Waals surface area contributed by atoms with Gasteiger partial charge in [0.05, 0.1) is 5.92 Å². The highest BCUT2D eigenvalue weighted by Gasteiger charge is 2.35. The molecule has 11 heavy (non-hydrogen) atoms. The fourth-order valence-electron chi connectivity index (χ4n) is 1.82. The Hall–Kier alpha value is -0.280. The molecule has 1 amide bonds. The SMILES string of the molecule is Cl.O=C1NC[C@@H]2NCCC[C@H]12. The average molecular weight is 177 g/mol. The Balaban J connectivity index is 0.000000605. The molecule has 0 aromatic carbocycles. The molecule has 2 fully saturated rings. The molecule has 2 rings (SSSR count). The van der Waals surface area contributed by atoms with E-state index in [9.17, 15) is 4.79 Å². The number of amides is 1. The van der Waals surface area contributed by atoms with E-state index in [-0.39, 0.29) is 24.2 Å². The van der Waals surface area contributed by atoms with Crippen molar-refractivity contribution in [3.63, 3.8) is 0 Å². The van der Waals surface area contributed by atoms with Crippen molar-refractivity contribution < 1.29 is 4.79 Å². The number of piperidine rings is 1. The van der Waals surface area contributed by atoms with Gasteiger partial charge in [0.25, 0.3) is 0 Å². The van der Waals surface area contributed by atoms with Crippen molar-refractivity contribution in [1.29, 1.82) is 0 Å². The third-order valence-electron chi connectivity index (χ3n) is 2.42. The van der Waals surface area contributed by atoms with Crippen LogP contribution in [0.15, 0.2) is 0 Å². The largest absolute Gasteiger partial charge is 0.354 e. The molecule has 0 saturated carbocycles. The second-order valence-electron chi connectivity index (χ2n) is 3.05. The fourth-order valence-corrected chi connectivity index (χ4v) is 1.82. The Bertz CT molecular complexity index is 163. The van der Waals surface area contributed by atoms with Crippen LogP contribution in [0.2, 0.25) is 0 Å². The van der Waals surface area contributed by atoms with E-state index in [2.05, 4.69) is 10.6 Å². The number of halogens is 1. The van der Waals surface area contributed by atoms with Crippen LogP contribution in [-0.4, -0.2) is 25.0 Å². The number of carbonyl (C=O) groups is 1. The molecule has 0 aromatic rings. The van der Waals surface area contributed by atoms with Crippen molar-refractivity contribution in [1.82, 2.24) is 10.6 Å². The minimum Gasteiger partial charge on any atom is -0.354 e. The first-order chi connectivity index (χ1) is 4.88. The van der Waals surface area contributed by atoms with Gasteiger partial charge in [-0.05, 0) is 19.4 Å². The zero-order valence-electron chi connectivity index (χ0n) is 6.30. The molecular formula is C7H13ClN2O. The molecule has 0 bridgehead atoms. The molecule has 2 heterocycles. The quantitative estimate of drug-likeness (QED) is 0.542. The van der Waals surface area contributed by atoms with Gasteiger partial charge in [0.2, 0.25) is 5.91 Å². The van der Waals surface area contributed by atoms with Crippen LogP contribution < -0.4 is 10.6 Å². The Morgan fingerprint density at radius 1 is 1.45 bits per heavy atom. The topological polar surface area (TPSA) is 41.1 Å². The van der Waals surface area contributed by atoms with Crippen LogP contribution >= 0.6 is 12.4 Å². The molecule has 2 aliphatic rings. The first-order valence-corrected chi connectivity index (χ1v) is 3.89. The normalized spacial score (nSPS) is 35.5. The van der Waals surface area contributed by atoms with Gasteiger partial charge in [-0.3, -0.25) is 4.79 Å². The Morgan fingerprint density at radius 3 is 3.00 bits per heavy atom. The summed E-state index contributed by atoms with van der Waals surface area (Å²) in [7, 11) is 0. The van der Waals surface area contributed by atoms with E-state index in [4.69, 9.17) is 0 Å². The van der Waals surface area contributed by atoms with Gasteiger partial charge in [0.1, 0.15) is 0 Å². The summed E-state index contributed by atoms with van der Waals surface area (Å²) in [4.78, 5) is 11.1. The smallest absolute Gasteiger partial charge is 0.224 e. The van der Waals surface area contributed by atoms with Gasteiger partial charge in [0.15, 0.2) is 0 Å². The number of rotatable bonds is 0. The van der Waals surface area contributed by atoms with Crippen LogP contribution in [0, 0.1) is 5.92 Å². The summed E-state index contributed by atoms with van der Waals surface area (Å²) in [5.41, 5.74) is 0. The van der Waals surface area contributed by atoms with Crippen LogP contribution in [0.25, 0.3) is 0 Å². The Labute approximate surface area is 72.3 Å². The zero-order chi connectivity index (χ0) is 6.97. The predicted octanol–water partition coefficient (Wildman–Crippen LogP) is -0.0938. The van der Waals surface area contributed by atoms with Gasteiger partial charge in [-0.25, -0.2) is 0 Å². The molecule has 0 spiro atoms. The lowest BCUT2D eigenvalue weighted by atomic mass is 9.94. The van der Waals surface area contributed by atoms with Crippen molar-refractivity contribution in [2.75, 3.05) is 13.1 Å². The molecule has 64 valence electrons. The standard InChI is InChI=1S/C7H12N2O.ClH/c10-7-5-2-1-3-8-6(5)4-9-7;/h5-6,8H,1-4H2,(H,9,10);1H/t5-,6-;/m0./s1. The second-order valence-corrected chi connectivity index (χ2v) is 3.05. The zero-order valence-corrected chi connectivity index (χ0v) is 7.12. The molecule has 2 saturated heterocycles.